The van der Waals surface area contributed by atoms with Crippen LogP contribution >= 0.6 is 0 Å². The predicted octanol–water partition coefficient (Wildman–Crippen LogP) is 0.859. The highest BCUT2D eigenvalue weighted by Crippen LogP contribution is 2.20. The lowest BCUT2D eigenvalue weighted by atomic mass is 10.4. The third-order valence-electron chi connectivity index (χ3n) is 1.37. The molecule has 1 aromatic heterocycles. The summed E-state index contributed by atoms with van der Waals surface area (Å²) in [5, 5.41) is 9.10. The van der Waals surface area contributed by atoms with E-state index in [2.05, 4.69) is 0 Å². The van der Waals surface area contributed by atoms with Crippen molar-refractivity contribution < 1.29 is 14.3 Å². The normalized spacial score (nSPS) is 10.6. The van der Waals surface area contributed by atoms with Crippen LogP contribution in [0.25, 0.3) is 0 Å². The predicted molar refractivity (Wildman–Crippen MR) is 43.2 cm³/mol. The van der Waals surface area contributed by atoms with Crippen LogP contribution in [0.3, 0.4) is 0 Å². The Morgan fingerprint density at radius 2 is 2.33 bits per heavy atom. The van der Waals surface area contributed by atoms with E-state index in [4.69, 9.17) is 9.52 Å². The van der Waals surface area contributed by atoms with Crippen molar-refractivity contribution >= 4 is 6.29 Å². The zero-order valence-corrected chi connectivity index (χ0v) is 7.07. The first-order valence-electron chi connectivity index (χ1n) is 3.55. The van der Waals surface area contributed by atoms with Gasteiger partial charge in [-0.3, -0.25) is 4.79 Å². The maximum atomic E-state index is 10.3. The molecular formula is C8H11NO3. The van der Waals surface area contributed by atoms with Crippen LogP contribution in [0, 0.1) is 0 Å². The molecule has 1 heterocycles. The number of aldehydes is 1. The van der Waals surface area contributed by atoms with Crippen molar-refractivity contribution in [2.75, 3.05) is 14.1 Å². The molecule has 0 atom stereocenters. The van der Waals surface area contributed by atoms with Gasteiger partial charge in [0.15, 0.2) is 12.0 Å². The van der Waals surface area contributed by atoms with Gasteiger partial charge in [0.1, 0.15) is 5.76 Å². The van der Waals surface area contributed by atoms with Gasteiger partial charge < -0.3 is 14.4 Å². The number of rotatable bonds is 3. The summed E-state index contributed by atoms with van der Waals surface area (Å²) in [6.45, 7) is 0.571. The van der Waals surface area contributed by atoms with Crippen LogP contribution in [-0.2, 0) is 6.54 Å². The Hall–Kier alpha value is -1.29. The number of aromatic hydroxyl groups is 1. The van der Waals surface area contributed by atoms with E-state index in [0.717, 1.165) is 0 Å². The highest BCUT2D eigenvalue weighted by atomic mass is 16.4. The van der Waals surface area contributed by atoms with Gasteiger partial charge in [-0.25, -0.2) is 0 Å². The number of carbonyl (C=O) groups is 1. The van der Waals surface area contributed by atoms with E-state index >= 15 is 0 Å². The average Bonchev–Trinajstić information content (AvgIpc) is 2.29. The van der Waals surface area contributed by atoms with E-state index in [1.807, 2.05) is 19.0 Å². The molecular weight excluding hydrogens is 158 g/mol. The maximum absolute atomic E-state index is 10.3. The second-order valence-electron chi connectivity index (χ2n) is 2.82. The lowest BCUT2D eigenvalue weighted by Crippen LogP contribution is -2.09. The molecule has 1 rings (SSSR count). The largest absolute Gasteiger partial charge is 0.504 e. The molecule has 0 spiro atoms. The van der Waals surface area contributed by atoms with E-state index in [9.17, 15) is 4.79 Å². The second-order valence-corrected chi connectivity index (χ2v) is 2.82. The van der Waals surface area contributed by atoms with Gasteiger partial charge in [0.25, 0.3) is 0 Å². The summed E-state index contributed by atoms with van der Waals surface area (Å²) in [4.78, 5) is 12.1. The number of hydrogen-bond acceptors (Lipinski definition) is 4. The number of nitrogens with zero attached hydrogens (tertiary/aromatic N) is 1. The Labute approximate surface area is 70.4 Å². The highest BCUT2D eigenvalue weighted by Gasteiger charge is 2.08. The first kappa shape index (κ1) is 8.80. The van der Waals surface area contributed by atoms with Gasteiger partial charge in [-0.1, -0.05) is 0 Å². The lowest BCUT2D eigenvalue weighted by molar-refractivity contribution is 0.109. The molecule has 66 valence electrons. The van der Waals surface area contributed by atoms with Gasteiger partial charge in [-0.15, -0.1) is 0 Å². The topological polar surface area (TPSA) is 53.7 Å². The molecule has 1 aromatic rings. The SMILES string of the molecule is CN(C)Cc1cc(O)c(C=O)o1. The summed E-state index contributed by atoms with van der Waals surface area (Å²) in [5.74, 6) is 0.480. The molecule has 0 aromatic carbocycles. The van der Waals surface area contributed by atoms with Crippen LogP contribution in [0.1, 0.15) is 16.3 Å². The van der Waals surface area contributed by atoms with Crippen molar-refractivity contribution in [3.05, 3.63) is 17.6 Å². The van der Waals surface area contributed by atoms with Gasteiger partial charge in [-0.05, 0) is 14.1 Å². The zero-order valence-electron chi connectivity index (χ0n) is 7.07. The van der Waals surface area contributed by atoms with Crippen molar-refractivity contribution in [3.8, 4) is 5.75 Å². The minimum absolute atomic E-state index is 0.00755. The third kappa shape index (κ3) is 1.85. The smallest absolute Gasteiger partial charge is 0.208 e. The summed E-state index contributed by atoms with van der Waals surface area (Å²) >= 11 is 0. The number of furan rings is 1. The summed E-state index contributed by atoms with van der Waals surface area (Å²) in [7, 11) is 3.75. The first-order chi connectivity index (χ1) is 5.63. The minimum Gasteiger partial charge on any atom is -0.504 e. The molecule has 0 saturated carbocycles. The molecule has 0 unspecified atom stereocenters. The minimum atomic E-state index is -0.0955. The monoisotopic (exact) mass is 169 g/mol. The maximum Gasteiger partial charge on any atom is 0.208 e. The molecule has 12 heavy (non-hydrogen) atoms. The molecule has 0 amide bonds. The Kier molecular flexibility index (Phi) is 2.50. The van der Waals surface area contributed by atoms with E-state index in [-0.39, 0.29) is 11.5 Å². The Bertz CT molecular complexity index is 278. The van der Waals surface area contributed by atoms with Crippen LogP contribution in [-0.4, -0.2) is 30.4 Å². The molecule has 0 aliphatic carbocycles. The number of hydrogen-bond donors (Lipinski definition) is 1. The van der Waals surface area contributed by atoms with Crippen molar-refractivity contribution in [3.63, 3.8) is 0 Å². The van der Waals surface area contributed by atoms with Crippen LogP contribution in [0.5, 0.6) is 5.75 Å². The second kappa shape index (κ2) is 3.40. The van der Waals surface area contributed by atoms with Crippen LogP contribution in [0.2, 0.25) is 0 Å². The van der Waals surface area contributed by atoms with Gasteiger partial charge in [-0.2, -0.15) is 0 Å². The molecule has 0 bridgehead atoms. The van der Waals surface area contributed by atoms with E-state index in [1.54, 1.807) is 0 Å². The van der Waals surface area contributed by atoms with Gasteiger partial charge in [0, 0.05) is 6.07 Å². The fourth-order valence-corrected chi connectivity index (χ4v) is 0.921. The van der Waals surface area contributed by atoms with Crippen LogP contribution in [0.4, 0.5) is 0 Å². The van der Waals surface area contributed by atoms with Crippen molar-refractivity contribution in [1.29, 1.82) is 0 Å². The van der Waals surface area contributed by atoms with Crippen LogP contribution < -0.4 is 0 Å². The Morgan fingerprint density at radius 3 is 2.75 bits per heavy atom. The molecule has 0 aliphatic heterocycles. The van der Waals surface area contributed by atoms with Crippen molar-refractivity contribution in [2.45, 2.75) is 6.54 Å². The molecule has 4 nitrogen and oxygen atoms in total. The zero-order chi connectivity index (χ0) is 9.14. The fraction of sp³-hybridized carbons (Fsp3) is 0.375. The van der Waals surface area contributed by atoms with E-state index in [1.165, 1.54) is 6.07 Å². The fourth-order valence-electron chi connectivity index (χ4n) is 0.921. The Balaban J connectivity index is 2.82. The van der Waals surface area contributed by atoms with Gasteiger partial charge >= 0.3 is 0 Å². The molecule has 0 saturated heterocycles. The molecule has 4 heteroatoms. The molecule has 1 N–H and O–H groups in total. The number of carbonyl (C=O) groups excluding carboxylic acids is 1. The first-order valence-corrected chi connectivity index (χ1v) is 3.55. The van der Waals surface area contributed by atoms with E-state index < -0.39 is 0 Å². The standard InChI is InChI=1S/C8H11NO3/c1-9(2)4-6-3-7(11)8(5-10)12-6/h3,5,11H,4H2,1-2H3. The van der Waals surface area contributed by atoms with Crippen molar-refractivity contribution in [1.82, 2.24) is 4.90 Å². The molecule has 0 aliphatic rings. The quantitative estimate of drug-likeness (QED) is 0.682. The average molecular weight is 169 g/mol. The summed E-state index contributed by atoms with van der Waals surface area (Å²) in [6.07, 6.45) is 0.495. The highest BCUT2D eigenvalue weighted by molar-refractivity contribution is 5.74. The Morgan fingerprint density at radius 1 is 1.67 bits per heavy atom. The summed E-state index contributed by atoms with van der Waals surface area (Å²) in [6, 6.07) is 1.45. The van der Waals surface area contributed by atoms with Crippen LogP contribution in [0.15, 0.2) is 10.5 Å². The van der Waals surface area contributed by atoms with Gasteiger partial charge in [0.2, 0.25) is 5.76 Å². The molecule has 0 fully saturated rings. The summed E-state index contributed by atoms with van der Waals surface area (Å²) < 4.78 is 5.01. The third-order valence-corrected chi connectivity index (χ3v) is 1.37. The lowest BCUT2D eigenvalue weighted by Gasteiger charge is -2.04. The molecule has 0 radical (unpaired) electrons. The van der Waals surface area contributed by atoms with E-state index in [0.29, 0.717) is 18.6 Å². The van der Waals surface area contributed by atoms with Crippen molar-refractivity contribution in [2.24, 2.45) is 0 Å². The van der Waals surface area contributed by atoms with Gasteiger partial charge in [0.05, 0.1) is 6.54 Å². The summed E-state index contributed by atoms with van der Waals surface area (Å²) in [5.41, 5.74) is 0.